The molecule has 4 nitrogen and oxygen atoms in total. The number of pyridine rings is 1. The van der Waals surface area contributed by atoms with Crippen molar-refractivity contribution in [3.8, 4) is 0 Å². The molecule has 2 N–H and O–H groups in total. The molecule has 3 rings (SSSR count). The van der Waals surface area contributed by atoms with E-state index >= 15 is 0 Å². The Bertz CT molecular complexity index is 790. The van der Waals surface area contributed by atoms with Gasteiger partial charge >= 0.3 is 0 Å². The smallest absolute Gasteiger partial charge is 0.228 e. The predicted molar refractivity (Wildman–Crippen MR) is 98.5 cm³/mol. The number of hydrogen-bond acceptors (Lipinski definition) is 3. The van der Waals surface area contributed by atoms with E-state index in [0.29, 0.717) is 15.7 Å². The van der Waals surface area contributed by atoms with Gasteiger partial charge in [-0.05, 0) is 42.3 Å². The molecule has 0 bridgehead atoms. The monoisotopic (exact) mass is 361 g/mol. The molecule has 1 aromatic carbocycles. The van der Waals surface area contributed by atoms with Crippen LogP contribution in [0.3, 0.4) is 0 Å². The summed E-state index contributed by atoms with van der Waals surface area (Å²) < 4.78 is 0. The van der Waals surface area contributed by atoms with Crippen LogP contribution in [0.2, 0.25) is 10.0 Å². The number of anilines is 1. The Labute approximate surface area is 150 Å². The number of amides is 1. The van der Waals surface area contributed by atoms with E-state index in [0.717, 1.165) is 30.8 Å². The number of aromatic nitrogens is 1. The fraction of sp³-hybridized carbons (Fsp3) is 0.222. The quantitative estimate of drug-likeness (QED) is 0.866. The molecule has 0 spiro atoms. The van der Waals surface area contributed by atoms with Crippen molar-refractivity contribution in [2.75, 3.05) is 18.4 Å². The van der Waals surface area contributed by atoms with Crippen LogP contribution in [0.5, 0.6) is 0 Å². The lowest BCUT2D eigenvalue weighted by molar-refractivity contribution is -0.115. The second kappa shape index (κ2) is 7.79. The first-order valence-corrected chi connectivity index (χ1v) is 8.48. The fourth-order valence-electron chi connectivity index (χ4n) is 2.68. The molecule has 24 heavy (non-hydrogen) atoms. The van der Waals surface area contributed by atoms with Crippen LogP contribution in [0.25, 0.3) is 5.57 Å². The van der Waals surface area contributed by atoms with E-state index in [9.17, 15) is 4.79 Å². The summed E-state index contributed by atoms with van der Waals surface area (Å²) in [7, 11) is 0. The summed E-state index contributed by atoms with van der Waals surface area (Å²) in [5, 5.41) is 6.85. The first-order chi connectivity index (χ1) is 11.6. The zero-order valence-electron chi connectivity index (χ0n) is 13.0. The average Bonchev–Trinajstić information content (AvgIpc) is 2.60. The van der Waals surface area contributed by atoms with Crippen LogP contribution >= 0.6 is 23.2 Å². The van der Waals surface area contributed by atoms with Crippen molar-refractivity contribution in [1.29, 1.82) is 0 Å². The van der Waals surface area contributed by atoms with Crippen molar-refractivity contribution in [1.82, 2.24) is 10.3 Å². The van der Waals surface area contributed by atoms with Crippen LogP contribution in [0, 0.1) is 0 Å². The third kappa shape index (κ3) is 3.96. The Kier molecular flexibility index (Phi) is 5.51. The number of benzene rings is 1. The molecule has 1 aliphatic rings. The molecule has 1 amide bonds. The van der Waals surface area contributed by atoms with E-state index in [2.05, 4.69) is 21.7 Å². The molecular weight excluding hydrogens is 345 g/mol. The Morgan fingerprint density at radius 1 is 1.25 bits per heavy atom. The van der Waals surface area contributed by atoms with Gasteiger partial charge in [-0.2, -0.15) is 0 Å². The number of nitrogens with one attached hydrogen (secondary N) is 2. The number of rotatable bonds is 4. The molecule has 2 heterocycles. The summed E-state index contributed by atoms with van der Waals surface area (Å²) in [5.74, 6) is -0.150. The number of carbonyl (C=O) groups excluding carboxylic acids is 1. The van der Waals surface area contributed by atoms with Gasteiger partial charge < -0.3 is 10.6 Å². The van der Waals surface area contributed by atoms with Crippen LogP contribution < -0.4 is 10.6 Å². The van der Waals surface area contributed by atoms with Crippen molar-refractivity contribution < 1.29 is 4.79 Å². The van der Waals surface area contributed by atoms with Crippen molar-refractivity contribution in [3.63, 3.8) is 0 Å². The summed E-state index contributed by atoms with van der Waals surface area (Å²) in [4.78, 5) is 16.9. The number of carbonyl (C=O) groups is 1. The van der Waals surface area contributed by atoms with E-state index < -0.39 is 0 Å². The van der Waals surface area contributed by atoms with Crippen LogP contribution in [-0.2, 0) is 11.2 Å². The molecule has 0 radical (unpaired) electrons. The maximum absolute atomic E-state index is 12.4. The van der Waals surface area contributed by atoms with E-state index in [1.54, 1.807) is 24.4 Å². The first kappa shape index (κ1) is 17.0. The minimum absolute atomic E-state index is 0.150. The average molecular weight is 362 g/mol. The minimum Gasteiger partial charge on any atom is -0.324 e. The van der Waals surface area contributed by atoms with Crippen LogP contribution in [-0.4, -0.2) is 24.0 Å². The third-order valence-corrected chi connectivity index (χ3v) is 4.65. The lowest BCUT2D eigenvalue weighted by Gasteiger charge is -2.16. The minimum atomic E-state index is -0.150. The van der Waals surface area contributed by atoms with Crippen LogP contribution in [0.1, 0.15) is 17.7 Å². The Balaban J connectivity index is 1.77. The second-order valence-corrected chi connectivity index (χ2v) is 6.31. The van der Waals surface area contributed by atoms with Gasteiger partial charge in [-0.1, -0.05) is 41.4 Å². The number of halogens is 2. The van der Waals surface area contributed by atoms with E-state index in [4.69, 9.17) is 23.2 Å². The molecule has 124 valence electrons. The SMILES string of the molecule is O=C(Cc1cccnc1C1=CCNCC1)Nc1cccc(Cl)c1Cl. The van der Waals surface area contributed by atoms with Crippen LogP contribution in [0.15, 0.2) is 42.6 Å². The Hall–Kier alpha value is -1.88. The summed E-state index contributed by atoms with van der Waals surface area (Å²) in [5.41, 5.74) is 3.49. The van der Waals surface area contributed by atoms with Crippen molar-refractivity contribution in [2.45, 2.75) is 12.8 Å². The zero-order chi connectivity index (χ0) is 16.9. The summed E-state index contributed by atoms with van der Waals surface area (Å²) in [6.07, 6.45) is 5.02. The van der Waals surface area contributed by atoms with E-state index in [-0.39, 0.29) is 12.3 Å². The van der Waals surface area contributed by atoms with Gasteiger partial charge in [-0.15, -0.1) is 0 Å². The maximum Gasteiger partial charge on any atom is 0.228 e. The van der Waals surface area contributed by atoms with Crippen molar-refractivity contribution in [3.05, 3.63) is 63.9 Å². The number of nitrogens with zero attached hydrogens (tertiary/aromatic N) is 1. The van der Waals surface area contributed by atoms with E-state index in [1.807, 2.05) is 12.1 Å². The molecule has 0 atom stereocenters. The van der Waals surface area contributed by atoms with Gasteiger partial charge in [0.15, 0.2) is 0 Å². The Morgan fingerprint density at radius 3 is 2.92 bits per heavy atom. The van der Waals surface area contributed by atoms with E-state index in [1.165, 1.54) is 5.57 Å². The van der Waals surface area contributed by atoms with Gasteiger partial charge in [0, 0.05) is 12.7 Å². The van der Waals surface area contributed by atoms with Gasteiger partial charge in [0.25, 0.3) is 0 Å². The standard InChI is InChI=1S/C18H17Cl2N3O/c19-14-4-1-5-15(17(14)20)23-16(24)11-13-3-2-8-22-18(13)12-6-9-21-10-7-12/h1-6,8,21H,7,9-11H2,(H,23,24). The van der Waals surface area contributed by atoms with Gasteiger partial charge in [-0.3, -0.25) is 9.78 Å². The fourth-order valence-corrected chi connectivity index (χ4v) is 3.02. The molecule has 1 aliphatic heterocycles. The highest BCUT2D eigenvalue weighted by molar-refractivity contribution is 6.44. The summed E-state index contributed by atoms with van der Waals surface area (Å²) in [6.45, 7) is 1.75. The maximum atomic E-state index is 12.4. The van der Waals surface area contributed by atoms with Crippen molar-refractivity contribution in [2.24, 2.45) is 0 Å². The lowest BCUT2D eigenvalue weighted by atomic mass is 9.99. The highest BCUT2D eigenvalue weighted by Gasteiger charge is 2.15. The highest BCUT2D eigenvalue weighted by atomic mass is 35.5. The molecule has 0 aliphatic carbocycles. The summed E-state index contributed by atoms with van der Waals surface area (Å²) >= 11 is 12.1. The molecule has 0 unspecified atom stereocenters. The number of hydrogen-bond donors (Lipinski definition) is 2. The molecule has 1 aromatic heterocycles. The largest absolute Gasteiger partial charge is 0.324 e. The third-order valence-electron chi connectivity index (χ3n) is 3.84. The Morgan fingerprint density at radius 2 is 2.12 bits per heavy atom. The second-order valence-electron chi connectivity index (χ2n) is 5.52. The topological polar surface area (TPSA) is 54.0 Å². The normalized spacial score (nSPS) is 14.2. The lowest BCUT2D eigenvalue weighted by Crippen LogP contribution is -2.21. The molecule has 0 saturated heterocycles. The summed E-state index contributed by atoms with van der Waals surface area (Å²) in [6, 6.07) is 8.94. The van der Waals surface area contributed by atoms with Gasteiger partial charge in [-0.25, -0.2) is 0 Å². The highest BCUT2D eigenvalue weighted by Crippen LogP contribution is 2.29. The molecule has 0 saturated carbocycles. The molecule has 2 aromatic rings. The molecule has 0 fully saturated rings. The first-order valence-electron chi connectivity index (χ1n) is 7.73. The van der Waals surface area contributed by atoms with Gasteiger partial charge in [0.1, 0.15) is 0 Å². The van der Waals surface area contributed by atoms with Gasteiger partial charge in [0.2, 0.25) is 5.91 Å². The molecule has 6 heteroatoms. The van der Waals surface area contributed by atoms with Crippen molar-refractivity contribution >= 4 is 40.4 Å². The van der Waals surface area contributed by atoms with Crippen LogP contribution in [0.4, 0.5) is 5.69 Å². The van der Waals surface area contributed by atoms with Gasteiger partial charge in [0.05, 0.1) is 27.8 Å². The predicted octanol–water partition coefficient (Wildman–Crippen LogP) is 3.95. The molecular formula is C18H17Cl2N3O. The zero-order valence-corrected chi connectivity index (χ0v) is 14.5.